The van der Waals surface area contributed by atoms with E-state index in [9.17, 15) is 0 Å². The van der Waals surface area contributed by atoms with Crippen LogP contribution in [0.5, 0.6) is 0 Å². The summed E-state index contributed by atoms with van der Waals surface area (Å²) in [4.78, 5) is 0. The van der Waals surface area contributed by atoms with Crippen molar-refractivity contribution in [1.82, 2.24) is 0 Å². The van der Waals surface area contributed by atoms with Gasteiger partial charge in [-0.1, -0.05) is 97.5 Å². The lowest BCUT2D eigenvalue weighted by Gasteiger charge is -2.05. The molecule has 27 heavy (non-hydrogen) atoms. The van der Waals surface area contributed by atoms with Crippen LogP contribution in [-0.2, 0) is 0 Å². The predicted octanol–water partition coefficient (Wildman–Crippen LogP) is 9.29. The van der Waals surface area contributed by atoms with Crippen molar-refractivity contribution in [3.05, 3.63) is 77.4 Å². The van der Waals surface area contributed by atoms with E-state index in [0.717, 1.165) is 0 Å². The quantitative estimate of drug-likeness (QED) is 0.292. The summed E-state index contributed by atoms with van der Waals surface area (Å²) in [5.41, 5.74) is 8.25. The van der Waals surface area contributed by atoms with Crippen LogP contribution in [0.3, 0.4) is 0 Å². The number of hydrogen-bond acceptors (Lipinski definition) is 0. The summed E-state index contributed by atoms with van der Waals surface area (Å²) in [6.45, 7) is 16.3. The molecule has 0 heteroatoms. The van der Waals surface area contributed by atoms with Crippen LogP contribution in [0.15, 0.2) is 60.7 Å². The fourth-order valence-corrected chi connectivity index (χ4v) is 3.37. The van der Waals surface area contributed by atoms with Crippen LogP contribution in [0.1, 0.15) is 72.6 Å². The molecular weight excluding hydrogens is 324 g/mol. The van der Waals surface area contributed by atoms with Gasteiger partial charge in [0.25, 0.3) is 0 Å². The Kier molecular flexibility index (Phi) is 11.1. The molecule has 0 spiro atoms. The van der Waals surface area contributed by atoms with Crippen LogP contribution in [0, 0.1) is 6.92 Å². The number of hydrogen-bond donors (Lipinski definition) is 0. The third-order valence-electron chi connectivity index (χ3n) is 4.30. The summed E-state index contributed by atoms with van der Waals surface area (Å²) in [7, 11) is 0. The molecule has 0 heterocycles. The fraction of sp³-hybridized carbons (Fsp3) is 0.333. The average Bonchev–Trinajstić information content (AvgIpc) is 3.05. The molecule has 0 amide bonds. The van der Waals surface area contributed by atoms with E-state index in [0.29, 0.717) is 0 Å². The molecule has 1 aliphatic rings. The SMILES string of the molecule is C.C/C=C1/c2cc3ccccc3cc2-c2cccc(C)c21.CC.CC.CC. The third kappa shape index (κ3) is 4.69. The molecule has 146 valence electrons. The van der Waals surface area contributed by atoms with Crippen molar-refractivity contribution < 1.29 is 0 Å². The molecule has 3 aromatic rings. The monoisotopic (exact) mass is 362 g/mol. The van der Waals surface area contributed by atoms with E-state index >= 15 is 0 Å². The fourth-order valence-electron chi connectivity index (χ4n) is 3.37. The Hall–Kier alpha value is -2.34. The molecule has 0 fully saturated rings. The third-order valence-corrected chi connectivity index (χ3v) is 4.30. The predicted molar refractivity (Wildman–Crippen MR) is 128 cm³/mol. The highest BCUT2D eigenvalue weighted by atomic mass is 14.3. The van der Waals surface area contributed by atoms with Crippen molar-refractivity contribution in [1.29, 1.82) is 0 Å². The molecule has 4 rings (SSSR count). The lowest BCUT2D eigenvalue weighted by molar-refractivity contribution is 1.44. The Morgan fingerprint density at radius 2 is 1.15 bits per heavy atom. The number of fused-ring (bicyclic) bond motifs is 4. The van der Waals surface area contributed by atoms with E-state index in [1.54, 1.807) is 0 Å². The molecule has 3 aromatic carbocycles. The zero-order valence-corrected chi connectivity index (χ0v) is 17.8. The molecule has 0 saturated carbocycles. The molecule has 0 radical (unpaired) electrons. The normalized spacial score (nSPS) is 11.5. The van der Waals surface area contributed by atoms with Crippen molar-refractivity contribution in [2.24, 2.45) is 0 Å². The first-order chi connectivity index (χ1) is 12.8. The second-order valence-electron chi connectivity index (χ2n) is 5.44. The van der Waals surface area contributed by atoms with Crippen LogP contribution in [0.25, 0.3) is 27.5 Å². The highest BCUT2D eigenvalue weighted by Gasteiger charge is 2.24. The molecule has 0 unspecified atom stereocenters. The molecule has 0 nitrogen and oxygen atoms in total. The van der Waals surface area contributed by atoms with Crippen LogP contribution in [0.4, 0.5) is 0 Å². The second kappa shape index (κ2) is 12.1. The minimum atomic E-state index is 0. The van der Waals surface area contributed by atoms with Crippen molar-refractivity contribution in [2.45, 2.75) is 62.8 Å². The van der Waals surface area contributed by atoms with Crippen molar-refractivity contribution in [2.75, 3.05) is 0 Å². The van der Waals surface area contributed by atoms with E-state index in [1.807, 2.05) is 41.5 Å². The summed E-state index contributed by atoms with van der Waals surface area (Å²) in [5.74, 6) is 0. The molecule has 0 saturated heterocycles. The molecular formula is C27H38. The van der Waals surface area contributed by atoms with Gasteiger partial charge in [-0.25, -0.2) is 0 Å². The van der Waals surface area contributed by atoms with Gasteiger partial charge < -0.3 is 0 Å². The summed E-state index contributed by atoms with van der Waals surface area (Å²) >= 11 is 0. The first kappa shape index (κ1) is 24.7. The van der Waals surface area contributed by atoms with Crippen molar-refractivity contribution in [3.8, 4) is 11.1 Å². The van der Waals surface area contributed by atoms with E-state index in [-0.39, 0.29) is 7.43 Å². The highest BCUT2D eigenvalue weighted by Crippen LogP contribution is 2.46. The molecule has 0 N–H and O–H groups in total. The Balaban J connectivity index is 0.000000885. The van der Waals surface area contributed by atoms with E-state index in [4.69, 9.17) is 0 Å². The van der Waals surface area contributed by atoms with Gasteiger partial charge in [-0.15, -0.1) is 0 Å². The Morgan fingerprint density at radius 3 is 1.67 bits per heavy atom. The average molecular weight is 363 g/mol. The molecule has 1 aliphatic carbocycles. The van der Waals surface area contributed by atoms with Gasteiger partial charge in [0, 0.05) is 0 Å². The van der Waals surface area contributed by atoms with Gasteiger partial charge in [0.05, 0.1) is 0 Å². The summed E-state index contributed by atoms with van der Waals surface area (Å²) in [6.07, 6.45) is 2.24. The molecule has 0 atom stereocenters. The van der Waals surface area contributed by atoms with Crippen LogP contribution >= 0.6 is 0 Å². The lowest BCUT2D eigenvalue weighted by Crippen LogP contribution is -1.85. The van der Waals surface area contributed by atoms with Gasteiger partial charge >= 0.3 is 0 Å². The highest BCUT2D eigenvalue weighted by molar-refractivity contribution is 6.06. The molecule has 0 aromatic heterocycles. The van der Waals surface area contributed by atoms with E-state index in [2.05, 4.69) is 74.5 Å². The number of benzene rings is 3. The smallest absolute Gasteiger partial charge is 0.00730 e. The summed E-state index contributed by atoms with van der Waals surface area (Å²) in [5, 5.41) is 2.63. The summed E-state index contributed by atoms with van der Waals surface area (Å²) in [6, 6.07) is 19.9. The van der Waals surface area contributed by atoms with Gasteiger partial charge in [0.1, 0.15) is 0 Å². The number of allylic oxidation sites excluding steroid dienone is 1. The minimum Gasteiger partial charge on any atom is -0.0791 e. The second-order valence-corrected chi connectivity index (χ2v) is 5.44. The topological polar surface area (TPSA) is 0 Å². The van der Waals surface area contributed by atoms with E-state index < -0.39 is 0 Å². The minimum absolute atomic E-state index is 0. The van der Waals surface area contributed by atoms with Gasteiger partial charge in [0.2, 0.25) is 0 Å². The first-order valence-electron chi connectivity index (χ1n) is 10.1. The van der Waals surface area contributed by atoms with Gasteiger partial charge in [-0.05, 0) is 70.1 Å². The van der Waals surface area contributed by atoms with Crippen LogP contribution in [-0.4, -0.2) is 0 Å². The van der Waals surface area contributed by atoms with Crippen LogP contribution < -0.4 is 0 Å². The number of rotatable bonds is 0. The van der Waals surface area contributed by atoms with Gasteiger partial charge in [-0.2, -0.15) is 0 Å². The van der Waals surface area contributed by atoms with Crippen molar-refractivity contribution >= 4 is 16.3 Å². The first-order valence-corrected chi connectivity index (χ1v) is 10.1. The Bertz CT molecular complexity index is 866. The Labute approximate surface area is 168 Å². The summed E-state index contributed by atoms with van der Waals surface area (Å²) < 4.78 is 0. The standard InChI is InChI=1S/C20H16.3C2H6.CH4/c1-3-16-18-11-14-8-4-5-9-15(14)12-19(18)17-10-6-7-13(2)20(16)17;3*1-2;/h3-12H,1-2H3;3*1-2H3;1H4/b16-3-;;;;. The molecule has 0 bridgehead atoms. The van der Waals surface area contributed by atoms with E-state index in [1.165, 1.54) is 44.2 Å². The maximum atomic E-state index is 2.33. The van der Waals surface area contributed by atoms with Gasteiger partial charge in [0.15, 0.2) is 0 Å². The zero-order chi connectivity index (χ0) is 19.7. The Morgan fingerprint density at radius 1 is 0.630 bits per heavy atom. The molecule has 0 aliphatic heterocycles. The maximum Gasteiger partial charge on any atom is -0.00730 e. The zero-order valence-electron chi connectivity index (χ0n) is 17.8. The largest absolute Gasteiger partial charge is 0.0791 e. The van der Waals surface area contributed by atoms with Crippen molar-refractivity contribution in [3.63, 3.8) is 0 Å². The van der Waals surface area contributed by atoms with Crippen LogP contribution in [0.2, 0.25) is 0 Å². The lowest BCUT2D eigenvalue weighted by atomic mass is 9.99. The van der Waals surface area contributed by atoms with Gasteiger partial charge in [-0.3, -0.25) is 0 Å². The number of aryl methyl sites for hydroxylation is 1. The maximum absolute atomic E-state index is 2.33.